The maximum Gasteiger partial charge on any atom is 0.416 e. The number of sulfonamides is 1. The van der Waals surface area contributed by atoms with Gasteiger partial charge < -0.3 is 0 Å². The molecule has 0 saturated heterocycles. The monoisotopic (exact) mass is 437 g/mol. The van der Waals surface area contributed by atoms with Crippen LogP contribution < -0.4 is 4.72 Å². The van der Waals surface area contributed by atoms with Crippen molar-refractivity contribution in [3.63, 3.8) is 0 Å². The van der Waals surface area contributed by atoms with E-state index in [0.29, 0.717) is 12.1 Å². The predicted molar refractivity (Wildman–Crippen MR) is 78.7 cm³/mol. The summed E-state index contributed by atoms with van der Waals surface area (Å²) in [4.78, 5) is -0.992. The van der Waals surface area contributed by atoms with Crippen molar-refractivity contribution in [1.29, 1.82) is 0 Å². The zero-order valence-electron chi connectivity index (χ0n) is 13.2. The maximum atomic E-state index is 12.8. The topological polar surface area (TPSA) is 46.2 Å². The van der Waals surface area contributed by atoms with Crippen molar-refractivity contribution in [3.8, 4) is 0 Å². The molecule has 0 saturated carbocycles. The van der Waals surface area contributed by atoms with Crippen LogP contribution in [0.15, 0.2) is 47.4 Å². The second kappa shape index (κ2) is 6.87. The molecule has 0 aromatic heterocycles. The summed E-state index contributed by atoms with van der Waals surface area (Å²) in [6.45, 7) is 0. The lowest BCUT2D eigenvalue weighted by molar-refractivity contribution is -0.143. The van der Waals surface area contributed by atoms with E-state index >= 15 is 0 Å². The average molecular weight is 437 g/mol. The molecule has 0 aliphatic rings. The summed E-state index contributed by atoms with van der Waals surface area (Å²) in [6.07, 6.45) is -15.4. The van der Waals surface area contributed by atoms with Crippen molar-refractivity contribution in [3.05, 3.63) is 59.2 Å². The van der Waals surface area contributed by atoms with Crippen LogP contribution in [0.4, 0.5) is 45.2 Å². The molecule has 2 aromatic carbocycles. The molecule has 28 heavy (non-hydrogen) atoms. The Morgan fingerprint density at radius 1 is 0.643 bits per heavy atom. The van der Waals surface area contributed by atoms with Crippen molar-refractivity contribution in [2.45, 2.75) is 23.4 Å². The zero-order valence-corrected chi connectivity index (χ0v) is 14.0. The van der Waals surface area contributed by atoms with E-state index in [9.17, 15) is 47.9 Å². The Bertz CT molecular complexity index is 944. The molecule has 0 radical (unpaired) electrons. The smallest absolute Gasteiger partial charge is 0.280 e. The van der Waals surface area contributed by atoms with E-state index in [1.165, 1.54) is 4.72 Å². The van der Waals surface area contributed by atoms with Gasteiger partial charge in [0, 0.05) is 0 Å². The molecule has 0 aliphatic heterocycles. The highest BCUT2D eigenvalue weighted by Crippen LogP contribution is 2.38. The van der Waals surface area contributed by atoms with Gasteiger partial charge in [-0.1, -0.05) is 6.07 Å². The first-order valence-corrected chi connectivity index (χ1v) is 8.48. The van der Waals surface area contributed by atoms with Gasteiger partial charge in [0.1, 0.15) is 0 Å². The van der Waals surface area contributed by atoms with Crippen molar-refractivity contribution < 1.29 is 47.9 Å². The van der Waals surface area contributed by atoms with E-state index in [1.807, 2.05) is 0 Å². The fraction of sp³-hybridized carbons (Fsp3) is 0.200. The number of hydrogen-bond donors (Lipinski definition) is 1. The molecule has 0 fully saturated rings. The molecular formula is C15H8F9NO2S. The molecule has 0 heterocycles. The Hall–Kier alpha value is -2.44. The highest BCUT2D eigenvalue weighted by atomic mass is 32.2. The summed E-state index contributed by atoms with van der Waals surface area (Å²) in [5, 5.41) is 0. The maximum absolute atomic E-state index is 12.8. The summed E-state index contributed by atoms with van der Waals surface area (Å²) in [5.74, 6) is 0. The predicted octanol–water partition coefficient (Wildman–Crippen LogP) is 5.54. The molecule has 0 atom stereocenters. The third-order valence-corrected chi connectivity index (χ3v) is 4.69. The third-order valence-electron chi connectivity index (χ3n) is 3.31. The lowest BCUT2D eigenvalue weighted by Crippen LogP contribution is -2.17. The number of nitrogens with one attached hydrogen (secondary N) is 1. The zero-order chi connectivity index (χ0) is 21.5. The van der Waals surface area contributed by atoms with Crippen LogP contribution in [0.2, 0.25) is 0 Å². The lowest BCUT2D eigenvalue weighted by atomic mass is 10.1. The number of hydrogen-bond acceptors (Lipinski definition) is 2. The fourth-order valence-corrected chi connectivity index (χ4v) is 3.15. The van der Waals surface area contributed by atoms with Crippen molar-refractivity contribution in [2.75, 3.05) is 4.72 Å². The summed E-state index contributed by atoms with van der Waals surface area (Å²) in [7, 11) is -4.91. The molecule has 0 unspecified atom stereocenters. The Morgan fingerprint density at radius 3 is 1.54 bits per heavy atom. The minimum absolute atomic E-state index is 0.0976. The van der Waals surface area contributed by atoms with Crippen LogP contribution in [-0.2, 0) is 28.6 Å². The van der Waals surface area contributed by atoms with Gasteiger partial charge in [-0.15, -0.1) is 0 Å². The largest absolute Gasteiger partial charge is 0.416 e. The highest BCUT2D eigenvalue weighted by Gasteiger charge is 2.37. The van der Waals surface area contributed by atoms with Gasteiger partial charge in [-0.25, -0.2) is 8.42 Å². The third kappa shape index (κ3) is 5.09. The number of anilines is 1. The molecule has 3 nitrogen and oxygen atoms in total. The number of alkyl halides is 9. The van der Waals surface area contributed by atoms with Crippen LogP contribution in [0.1, 0.15) is 16.7 Å². The van der Waals surface area contributed by atoms with E-state index in [2.05, 4.69) is 0 Å². The Kier molecular flexibility index (Phi) is 5.36. The SMILES string of the molecule is O=S(=O)(Nc1cc(C(F)(F)F)cc(C(F)(F)F)c1)c1cccc(C(F)(F)F)c1. The second-order valence-electron chi connectivity index (χ2n) is 5.43. The molecule has 0 aliphatic carbocycles. The first-order valence-electron chi connectivity index (χ1n) is 7.00. The van der Waals surface area contributed by atoms with Gasteiger partial charge in [0.2, 0.25) is 0 Å². The normalized spacial score (nSPS) is 13.5. The number of halogens is 9. The summed E-state index contributed by atoms with van der Waals surface area (Å²) >= 11 is 0. The van der Waals surface area contributed by atoms with Crippen LogP contribution in [0.5, 0.6) is 0 Å². The van der Waals surface area contributed by atoms with Crippen LogP contribution >= 0.6 is 0 Å². The van der Waals surface area contributed by atoms with Crippen molar-refractivity contribution in [1.82, 2.24) is 0 Å². The van der Waals surface area contributed by atoms with Gasteiger partial charge in [-0.3, -0.25) is 4.72 Å². The minimum atomic E-state index is -5.22. The van der Waals surface area contributed by atoms with Gasteiger partial charge in [-0.2, -0.15) is 39.5 Å². The average Bonchev–Trinajstić information content (AvgIpc) is 2.52. The van der Waals surface area contributed by atoms with Gasteiger partial charge in [-0.05, 0) is 36.4 Å². The molecule has 0 amide bonds. The molecule has 1 N–H and O–H groups in total. The quantitative estimate of drug-likeness (QED) is 0.641. The molecular weight excluding hydrogens is 429 g/mol. The molecule has 13 heteroatoms. The Morgan fingerprint density at radius 2 is 1.11 bits per heavy atom. The van der Waals surface area contributed by atoms with Gasteiger partial charge >= 0.3 is 18.5 Å². The van der Waals surface area contributed by atoms with Crippen LogP contribution in [0, 0.1) is 0 Å². The lowest BCUT2D eigenvalue weighted by Gasteiger charge is -2.16. The van der Waals surface area contributed by atoms with Crippen molar-refractivity contribution in [2.24, 2.45) is 0 Å². The van der Waals surface area contributed by atoms with E-state index in [1.54, 1.807) is 0 Å². The fourth-order valence-electron chi connectivity index (χ4n) is 2.07. The Balaban J connectivity index is 2.52. The van der Waals surface area contributed by atoms with E-state index in [-0.39, 0.29) is 24.3 Å². The minimum Gasteiger partial charge on any atom is -0.280 e. The molecule has 154 valence electrons. The van der Waals surface area contributed by atoms with Crippen LogP contribution in [0.3, 0.4) is 0 Å². The van der Waals surface area contributed by atoms with Crippen LogP contribution in [-0.4, -0.2) is 8.42 Å². The molecule has 2 rings (SSSR count). The van der Waals surface area contributed by atoms with E-state index in [0.717, 1.165) is 6.07 Å². The van der Waals surface area contributed by atoms with Gasteiger partial charge in [0.25, 0.3) is 10.0 Å². The summed E-state index contributed by atoms with van der Waals surface area (Å²) in [6, 6.07) is 2.15. The van der Waals surface area contributed by atoms with E-state index < -0.39 is 55.8 Å². The standard InChI is InChI=1S/C15H8F9NO2S/c16-13(17,18)8-2-1-3-12(7-8)28(26,27)25-11-5-9(14(19,20)21)4-10(6-11)15(22,23)24/h1-7,25H. The number of rotatable bonds is 3. The molecule has 0 spiro atoms. The summed E-state index contributed by atoms with van der Waals surface area (Å²) in [5.41, 5.74) is -6.05. The highest BCUT2D eigenvalue weighted by molar-refractivity contribution is 7.92. The van der Waals surface area contributed by atoms with Crippen LogP contribution in [0.25, 0.3) is 0 Å². The van der Waals surface area contributed by atoms with Gasteiger partial charge in [0.15, 0.2) is 0 Å². The Labute approximate surface area is 151 Å². The van der Waals surface area contributed by atoms with E-state index in [4.69, 9.17) is 0 Å². The molecule has 0 bridgehead atoms. The molecule has 2 aromatic rings. The first-order chi connectivity index (χ1) is 12.5. The van der Waals surface area contributed by atoms with Gasteiger partial charge in [0.05, 0.1) is 27.3 Å². The van der Waals surface area contributed by atoms with Crippen molar-refractivity contribution >= 4 is 15.7 Å². The summed E-state index contributed by atoms with van der Waals surface area (Å²) < 4.78 is 141. The first kappa shape index (κ1) is 21.9. The second-order valence-corrected chi connectivity index (χ2v) is 7.11. The number of benzene rings is 2.